The molecule has 0 atom stereocenters. The molecule has 0 bridgehead atoms. The van der Waals surface area contributed by atoms with Gasteiger partial charge in [-0.15, -0.1) is 35.3 Å². The number of rotatable bonds is 6. The molecule has 0 fully saturated rings. The molecule has 0 saturated heterocycles. The predicted octanol–water partition coefficient (Wildman–Crippen LogP) is 3.97. The molecule has 0 aliphatic rings. The van der Waals surface area contributed by atoms with Gasteiger partial charge in [0.1, 0.15) is 5.75 Å². The minimum atomic E-state index is 0. The van der Waals surface area contributed by atoms with E-state index < -0.39 is 0 Å². The third-order valence-corrected chi connectivity index (χ3v) is 4.70. The van der Waals surface area contributed by atoms with Crippen LogP contribution in [0.4, 0.5) is 0 Å². The third-order valence-electron chi connectivity index (χ3n) is 3.79. The van der Waals surface area contributed by atoms with Gasteiger partial charge >= 0.3 is 0 Å². The van der Waals surface area contributed by atoms with Crippen LogP contribution in [0.3, 0.4) is 0 Å². The van der Waals surface area contributed by atoms with Crippen LogP contribution in [0.2, 0.25) is 0 Å². The van der Waals surface area contributed by atoms with E-state index in [0.29, 0.717) is 0 Å². The fraction of sp³-hybridized carbons (Fsp3) is 0.474. The molecule has 0 radical (unpaired) electrons. The second kappa shape index (κ2) is 10.7. The van der Waals surface area contributed by atoms with Gasteiger partial charge in [0.15, 0.2) is 5.96 Å². The van der Waals surface area contributed by atoms with E-state index >= 15 is 0 Å². The average molecular weight is 488 g/mol. The van der Waals surface area contributed by atoms with Gasteiger partial charge in [-0.25, -0.2) is 4.98 Å². The second-order valence-corrected chi connectivity index (χ2v) is 7.77. The highest BCUT2D eigenvalue weighted by molar-refractivity contribution is 14.0. The number of thiazole rings is 1. The largest absolute Gasteiger partial charge is 0.497 e. The van der Waals surface area contributed by atoms with Crippen molar-refractivity contribution < 1.29 is 4.74 Å². The maximum atomic E-state index is 5.17. The quantitative estimate of drug-likeness (QED) is 0.367. The predicted molar refractivity (Wildman–Crippen MR) is 121 cm³/mol. The topological polar surface area (TPSA) is 58.5 Å². The van der Waals surface area contributed by atoms with Crippen LogP contribution < -0.4 is 15.4 Å². The summed E-state index contributed by atoms with van der Waals surface area (Å²) < 4.78 is 5.17. The molecule has 0 amide bonds. The van der Waals surface area contributed by atoms with Crippen molar-refractivity contribution in [3.63, 3.8) is 0 Å². The number of nitrogens with zero attached hydrogens (tertiary/aromatic N) is 2. The maximum absolute atomic E-state index is 5.17. The molecule has 0 aliphatic heterocycles. The SMILES string of the molecule is CN=C(NCCc1nc(C(C)(C)C)cs1)NCc1ccc(OC)cc1.I. The zero-order valence-corrected chi connectivity index (χ0v) is 19.3. The van der Waals surface area contributed by atoms with Crippen molar-refractivity contribution in [1.82, 2.24) is 15.6 Å². The fourth-order valence-electron chi connectivity index (χ4n) is 2.21. The molecule has 7 heteroatoms. The van der Waals surface area contributed by atoms with Crippen LogP contribution in [0, 0.1) is 0 Å². The van der Waals surface area contributed by atoms with Crippen LogP contribution in [0.1, 0.15) is 37.0 Å². The van der Waals surface area contributed by atoms with Gasteiger partial charge in [-0.1, -0.05) is 32.9 Å². The smallest absolute Gasteiger partial charge is 0.191 e. The van der Waals surface area contributed by atoms with Crippen LogP contribution in [0.5, 0.6) is 5.75 Å². The number of aromatic nitrogens is 1. The van der Waals surface area contributed by atoms with Gasteiger partial charge < -0.3 is 15.4 Å². The first-order chi connectivity index (χ1) is 11.9. The molecule has 0 unspecified atom stereocenters. The molecule has 0 saturated carbocycles. The summed E-state index contributed by atoms with van der Waals surface area (Å²) in [4.78, 5) is 8.99. The van der Waals surface area contributed by atoms with E-state index in [2.05, 4.69) is 41.8 Å². The zero-order chi connectivity index (χ0) is 18.3. The van der Waals surface area contributed by atoms with Crippen molar-refractivity contribution in [3.8, 4) is 5.75 Å². The Hall–Kier alpha value is -1.35. The lowest BCUT2D eigenvalue weighted by atomic mass is 9.93. The number of guanidine groups is 1. The van der Waals surface area contributed by atoms with E-state index in [-0.39, 0.29) is 29.4 Å². The van der Waals surface area contributed by atoms with E-state index in [0.717, 1.165) is 41.9 Å². The van der Waals surface area contributed by atoms with Gasteiger partial charge in [-0.2, -0.15) is 0 Å². The van der Waals surface area contributed by atoms with E-state index in [1.165, 1.54) is 5.56 Å². The van der Waals surface area contributed by atoms with E-state index in [1.54, 1.807) is 25.5 Å². The number of nitrogens with one attached hydrogen (secondary N) is 2. The molecule has 2 N–H and O–H groups in total. The Kier molecular flexibility index (Phi) is 9.35. The van der Waals surface area contributed by atoms with Crippen molar-refractivity contribution >= 4 is 41.3 Å². The van der Waals surface area contributed by atoms with Gasteiger partial charge in [0, 0.05) is 37.4 Å². The summed E-state index contributed by atoms with van der Waals surface area (Å²) in [5.74, 6) is 1.66. The Morgan fingerprint density at radius 3 is 2.42 bits per heavy atom. The fourth-order valence-corrected chi connectivity index (χ4v) is 3.23. The van der Waals surface area contributed by atoms with Crippen molar-refractivity contribution in [2.75, 3.05) is 20.7 Å². The highest BCUT2D eigenvalue weighted by Crippen LogP contribution is 2.23. The second-order valence-electron chi connectivity index (χ2n) is 6.83. The van der Waals surface area contributed by atoms with Crippen LogP contribution in [0.15, 0.2) is 34.6 Å². The van der Waals surface area contributed by atoms with Gasteiger partial charge in [-0.05, 0) is 17.7 Å². The normalized spacial score (nSPS) is 11.7. The lowest BCUT2D eigenvalue weighted by Gasteiger charge is -2.14. The molecule has 0 aliphatic carbocycles. The molecule has 2 rings (SSSR count). The van der Waals surface area contributed by atoms with Crippen molar-refractivity contribution in [3.05, 3.63) is 45.9 Å². The number of ether oxygens (including phenoxy) is 1. The molecule has 26 heavy (non-hydrogen) atoms. The highest BCUT2D eigenvalue weighted by Gasteiger charge is 2.17. The van der Waals surface area contributed by atoms with Crippen LogP contribution in [-0.2, 0) is 18.4 Å². The Morgan fingerprint density at radius 1 is 1.19 bits per heavy atom. The number of aliphatic imine (C=N–C) groups is 1. The first kappa shape index (κ1) is 22.7. The van der Waals surface area contributed by atoms with Gasteiger partial charge in [0.25, 0.3) is 0 Å². The zero-order valence-electron chi connectivity index (χ0n) is 16.1. The van der Waals surface area contributed by atoms with Crippen LogP contribution in [-0.4, -0.2) is 31.6 Å². The van der Waals surface area contributed by atoms with E-state index in [4.69, 9.17) is 9.72 Å². The Bertz CT molecular complexity index is 692. The third kappa shape index (κ3) is 7.11. The molecule has 0 spiro atoms. The van der Waals surface area contributed by atoms with E-state index in [9.17, 15) is 0 Å². The maximum Gasteiger partial charge on any atom is 0.191 e. The van der Waals surface area contributed by atoms with Crippen molar-refractivity contribution in [1.29, 1.82) is 0 Å². The Labute approximate surface area is 177 Å². The first-order valence-corrected chi connectivity index (χ1v) is 9.32. The minimum Gasteiger partial charge on any atom is -0.497 e. The number of halogens is 1. The standard InChI is InChI=1S/C19H28N4OS.HI/c1-19(2,3)16-13-25-17(23-16)10-11-21-18(20-4)22-12-14-6-8-15(24-5)9-7-14;/h6-9,13H,10-12H2,1-5H3,(H2,20,21,22);1H. The lowest BCUT2D eigenvalue weighted by molar-refractivity contribution is 0.414. The van der Waals surface area contributed by atoms with Crippen LogP contribution >= 0.6 is 35.3 Å². The molecule has 2 aromatic rings. The number of hydrogen-bond donors (Lipinski definition) is 2. The summed E-state index contributed by atoms with van der Waals surface area (Å²) in [6.07, 6.45) is 0.893. The molecular weight excluding hydrogens is 459 g/mol. The van der Waals surface area contributed by atoms with Gasteiger partial charge in [0.05, 0.1) is 17.8 Å². The summed E-state index contributed by atoms with van der Waals surface area (Å²) in [6, 6.07) is 8.01. The number of methoxy groups -OCH3 is 1. The summed E-state index contributed by atoms with van der Waals surface area (Å²) in [5.41, 5.74) is 2.45. The summed E-state index contributed by atoms with van der Waals surface area (Å²) in [7, 11) is 3.45. The lowest BCUT2D eigenvalue weighted by Crippen LogP contribution is -2.37. The monoisotopic (exact) mass is 488 g/mol. The Balaban J connectivity index is 0.00000338. The minimum absolute atomic E-state index is 0. The van der Waals surface area contributed by atoms with Gasteiger partial charge in [-0.3, -0.25) is 4.99 Å². The molecule has 1 aromatic carbocycles. The molecule has 1 aromatic heterocycles. The summed E-state index contributed by atoms with van der Waals surface area (Å²) in [6.45, 7) is 8.09. The van der Waals surface area contributed by atoms with Crippen molar-refractivity contribution in [2.24, 2.45) is 4.99 Å². The summed E-state index contributed by atoms with van der Waals surface area (Å²) >= 11 is 1.73. The van der Waals surface area contributed by atoms with Crippen LogP contribution in [0.25, 0.3) is 0 Å². The molecule has 144 valence electrons. The highest BCUT2D eigenvalue weighted by atomic mass is 127. The first-order valence-electron chi connectivity index (χ1n) is 8.44. The number of benzene rings is 1. The Morgan fingerprint density at radius 2 is 1.88 bits per heavy atom. The van der Waals surface area contributed by atoms with Crippen molar-refractivity contribution in [2.45, 2.75) is 39.2 Å². The molecule has 5 nitrogen and oxygen atoms in total. The average Bonchev–Trinajstić information content (AvgIpc) is 3.07. The number of hydrogen-bond acceptors (Lipinski definition) is 4. The van der Waals surface area contributed by atoms with Gasteiger partial charge in [0.2, 0.25) is 0 Å². The molecule has 1 heterocycles. The summed E-state index contributed by atoms with van der Waals surface area (Å²) in [5, 5.41) is 9.97. The van der Waals surface area contributed by atoms with E-state index in [1.807, 2.05) is 24.3 Å². The molecular formula is C19H29IN4OS.